The number of carbonyl (C=O) groups excluding carboxylic acids is 1. The Kier molecular flexibility index (Phi) is 4.46. The van der Waals surface area contributed by atoms with Crippen LogP contribution < -0.4 is 0 Å². The second kappa shape index (κ2) is 6.06. The molecule has 0 saturated carbocycles. The van der Waals surface area contributed by atoms with Crippen LogP contribution in [0.1, 0.15) is 10.4 Å². The molecule has 0 atom stereocenters. The van der Waals surface area contributed by atoms with Gasteiger partial charge in [-0.25, -0.2) is 35.1 Å². The molecule has 0 amide bonds. The maximum atomic E-state index is 14.2. The zero-order valence-corrected chi connectivity index (χ0v) is 11.3. The molecule has 126 valence electrons. The second-order valence-corrected chi connectivity index (χ2v) is 4.46. The van der Waals surface area contributed by atoms with Gasteiger partial charge in [0, 0.05) is 0 Å². The van der Waals surface area contributed by atoms with E-state index in [4.69, 9.17) is 0 Å². The Hall–Kier alpha value is -2.71. The molecule has 0 heterocycles. The lowest BCUT2D eigenvalue weighted by Crippen LogP contribution is -2.09. The molecule has 0 spiro atoms. The van der Waals surface area contributed by atoms with Gasteiger partial charge in [0.1, 0.15) is 11.6 Å². The first kappa shape index (κ1) is 17.6. The van der Waals surface area contributed by atoms with Crippen molar-refractivity contribution in [2.75, 3.05) is 0 Å². The minimum Gasteiger partial charge on any atom is -0.286 e. The zero-order chi connectivity index (χ0) is 18.3. The van der Waals surface area contributed by atoms with Crippen LogP contribution in [0, 0.1) is 40.7 Å². The summed E-state index contributed by atoms with van der Waals surface area (Å²) < 4.78 is 108. The Morgan fingerprint density at radius 3 is 1.62 bits per heavy atom. The van der Waals surface area contributed by atoms with Crippen molar-refractivity contribution in [3.05, 3.63) is 70.8 Å². The number of ketones is 1. The fourth-order valence-electron chi connectivity index (χ4n) is 1.93. The van der Waals surface area contributed by atoms with E-state index in [1.54, 1.807) is 0 Å². The van der Waals surface area contributed by atoms with Crippen molar-refractivity contribution >= 4 is 5.78 Å². The van der Waals surface area contributed by atoms with Gasteiger partial charge in [0.25, 0.3) is 0 Å². The van der Waals surface area contributed by atoms with Gasteiger partial charge in [-0.05, 0) is 12.1 Å². The molecule has 0 aliphatic heterocycles. The van der Waals surface area contributed by atoms with Crippen molar-refractivity contribution in [1.29, 1.82) is 0 Å². The van der Waals surface area contributed by atoms with Gasteiger partial charge in [0.2, 0.25) is 11.6 Å². The Morgan fingerprint density at radius 1 is 0.708 bits per heavy atom. The molecular weight excluding hydrogens is 348 g/mol. The molecular formula is C15H4F8O. The van der Waals surface area contributed by atoms with E-state index in [1.807, 2.05) is 0 Å². The summed E-state index contributed by atoms with van der Waals surface area (Å²) in [4.78, 5) is 11.4. The number of Topliss-reactive ketones (excluding diaryl/α,β-unsaturated/α-hetero) is 1. The summed E-state index contributed by atoms with van der Waals surface area (Å²) >= 11 is 0. The highest BCUT2D eigenvalue weighted by Crippen LogP contribution is 2.36. The molecule has 24 heavy (non-hydrogen) atoms. The van der Waals surface area contributed by atoms with Crippen LogP contribution in [0.3, 0.4) is 0 Å². The fraction of sp³-hybridized carbons (Fsp3) is 0. The van der Waals surface area contributed by atoms with Gasteiger partial charge in [0.05, 0.1) is 16.7 Å². The molecule has 0 fully saturated rings. The van der Waals surface area contributed by atoms with Crippen LogP contribution in [0.25, 0.3) is 11.1 Å². The fourth-order valence-corrected chi connectivity index (χ4v) is 1.93. The van der Waals surface area contributed by atoms with Gasteiger partial charge in [-0.2, -0.15) is 0 Å². The average molecular weight is 352 g/mol. The summed E-state index contributed by atoms with van der Waals surface area (Å²) in [6.07, 6.45) is 0. The van der Waals surface area contributed by atoms with Crippen molar-refractivity contribution in [1.82, 2.24) is 0 Å². The minimum absolute atomic E-state index is 0.312. The minimum atomic E-state index is -2.53. The molecule has 0 radical (unpaired) electrons. The highest BCUT2D eigenvalue weighted by molar-refractivity contribution is 6.07. The van der Waals surface area contributed by atoms with E-state index in [0.717, 1.165) is 0 Å². The van der Waals surface area contributed by atoms with Gasteiger partial charge in [-0.3, -0.25) is 4.79 Å². The predicted molar refractivity (Wildman–Crippen MR) is 66.2 cm³/mol. The second-order valence-electron chi connectivity index (χ2n) is 4.46. The van der Waals surface area contributed by atoms with Crippen molar-refractivity contribution in [3.63, 3.8) is 0 Å². The number of halogens is 8. The van der Waals surface area contributed by atoms with Crippen molar-refractivity contribution in [3.8, 4) is 11.1 Å². The van der Waals surface area contributed by atoms with Crippen LogP contribution in [-0.2, 0) is 0 Å². The Labute approximate surface area is 128 Å². The molecule has 0 aliphatic carbocycles. The summed E-state index contributed by atoms with van der Waals surface area (Å²) in [5, 5.41) is 0. The maximum absolute atomic E-state index is 14.2. The van der Waals surface area contributed by atoms with Gasteiger partial charge < -0.3 is 0 Å². The van der Waals surface area contributed by atoms with Crippen molar-refractivity contribution < 1.29 is 39.9 Å². The maximum Gasteiger partial charge on any atom is 0.223 e. The highest BCUT2D eigenvalue weighted by Gasteiger charge is 2.31. The number of allylic oxidation sites excluding steroid dienone is 1. The largest absolute Gasteiger partial charge is 0.286 e. The smallest absolute Gasteiger partial charge is 0.223 e. The summed E-state index contributed by atoms with van der Waals surface area (Å²) in [7, 11) is 0. The Morgan fingerprint density at radius 2 is 1.17 bits per heavy atom. The lowest BCUT2D eigenvalue weighted by molar-refractivity contribution is 0.100. The summed E-state index contributed by atoms with van der Waals surface area (Å²) in [5.41, 5.74) is -4.81. The Bertz CT molecular complexity index is 859. The summed E-state index contributed by atoms with van der Waals surface area (Å²) in [5.74, 6) is -19.5. The van der Waals surface area contributed by atoms with Gasteiger partial charge >= 0.3 is 0 Å². The standard InChI is InChI=1S/C15H4F8O/c1-4(16)15(24)5-2-3-6(17)7(9(5)18)8-10(19)12(21)14(23)13(22)11(8)20/h2-3H,1H2. The van der Waals surface area contributed by atoms with Gasteiger partial charge in [-0.15, -0.1) is 0 Å². The SMILES string of the molecule is C=C(F)C(=O)c1ccc(F)c(-c2c(F)c(F)c(F)c(F)c2F)c1F. The normalized spacial score (nSPS) is 10.8. The van der Waals surface area contributed by atoms with E-state index in [-0.39, 0.29) is 0 Å². The Balaban J connectivity index is 2.92. The molecule has 0 N–H and O–H groups in total. The van der Waals surface area contributed by atoms with E-state index in [2.05, 4.69) is 6.58 Å². The molecule has 1 nitrogen and oxygen atoms in total. The number of carbonyl (C=O) groups is 1. The first-order valence-electron chi connectivity index (χ1n) is 5.98. The monoisotopic (exact) mass is 352 g/mol. The van der Waals surface area contributed by atoms with Gasteiger partial charge in [-0.1, -0.05) is 6.58 Å². The third-order valence-corrected chi connectivity index (χ3v) is 3.04. The lowest BCUT2D eigenvalue weighted by atomic mass is 9.97. The molecule has 0 unspecified atom stereocenters. The van der Waals surface area contributed by atoms with Crippen molar-refractivity contribution in [2.45, 2.75) is 0 Å². The average Bonchev–Trinajstić information content (AvgIpc) is 2.53. The van der Waals surface area contributed by atoms with Crippen LogP contribution in [0.5, 0.6) is 0 Å². The molecule has 0 saturated heterocycles. The summed E-state index contributed by atoms with van der Waals surface area (Å²) in [6.45, 7) is 2.58. The number of hydrogen-bond acceptors (Lipinski definition) is 1. The molecule has 9 heteroatoms. The topological polar surface area (TPSA) is 17.1 Å². The van der Waals surface area contributed by atoms with Crippen molar-refractivity contribution in [2.24, 2.45) is 0 Å². The molecule has 2 rings (SSSR count). The van der Waals surface area contributed by atoms with E-state index >= 15 is 0 Å². The molecule has 0 aliphatic rings. The molecule has 0 aromatic heterocycles. The van der Waals surface area contributed by atoms with E-state index in [1.165, 1.54) is 0 Å². The van der Waals surface area contributed by atoms with Crippen LogP contribution in [0.15, 0.2) is 24.5 Å². The molecule has 0 bridgehead atoms. The van der Waals surface area contributed by atoms with E-state index < -0.39 is 69.0 Å². The van der Waals surface area contributed by atoms with Crippen LogP contribution >= 0.6 is 0 Å². The number of benzene rings is 2. The third kappa shape index (κ3) is 2.55. The first-order chi connectivity index (χ1) is 11.1. The molecule has 2 aromatic rings. The molecule has 2 aromatic carbocycles. The number of hydrogen-bond donors (Lipinski definition) is 0. The zero-order valence-electron chi connectivity index (χ0n) is 11.3. The number of rotatable bonds is 3. The quantitative estimate of drug-likeness (QED) is 0.250. The highest BCUT2D eigenvalue weighted by atomic mass is 19.2. The lowest BCUT2D eigenvalue weighted by Gasteiger charge is -2.12. The van der Waals surface area contributed by atoms with Gasteiger partial charge in [0.15, 0.2) is 29.1 Å². The van der Waals surface area contributed by atoms with Crippen LogP contribution in [-0.4, -0.2) is 5.78 Å². The van der Waals surface area contributed by atoms with Crippen LogP contribution in [0.2, 0.25) is 0 Å². The van der Waals surface area contributed by atoms with E-state index in [9.17, 15) is 39.9 Å². The first-order valence-corrected chi connectivity index (χ1v) is 5.98. The predicted octanol–water partition coefficient (Wildman–Crippen LogP) is 4.99. The van der Waals surface area contributed by atoms with Crippen LogP contribution in [0.4, 0.5) is 35.1 Å². The van der Waals surface area contributed by atoms with E-state index in [0.29, 0.717) is 12.1 Å². The third-order valence-electron chi connectivity index (χ3n) is 3.04. The summed E-state index contributed by atoms with van der Waals surface area (Å²) in [6, 6.07) is 0.750.